The highest BCUT2D eigenvalue weighted by molar-refractivity contribution is 7.90. The van der Waals surface area contributed by atoms with E-state index in [1.807, 2.05) is 4.90 Å². The SMILES string of the molecule is CS(=O)(=O)c1ccc(COC[C@@H]2C[C@@H]2C2CCN(C#N)CC2)cc1F. The number of hydrogen-bond acceptors (Lipinski definition) is 5. The molecule has 3 rings (SSSR count). The summed E-state index contributed by atoms with van der Waals surface area (Å²) in [4.78, 5) is 1.54. The van der Waals surface area contributed by atoms with Crippen molar-refractivity contribution < 1.29 is 17.5 Å². The second kappa shape index (κ2) is 7.30. The number of rotatable bonds is 6. The van der Waals surface area contributed by atoms with Crippen LogP contribution in [0.4, 0.5) is 4.39 Å². The number of benzene rings is 1. The summed E-state index contributed by atoms with van der Waals surface area (Å²) in [5.74, 6) is 1.20. The number of nitrogens with zero attached hydrogens (tertiary/aromatic N) is 2. The van der Waals surface area contributed by atoms with Gasteiger partial charge in [0.05, 0.1) is 13.2 Å². The van der Waals surface area contributed by atoms with Crippen LogP contribution in [0.15, 0.2) is 23.1 Å². The summed E-state index contributed by atoms with van der Waals surface area (Å²) in [6.45, 7) is 2.66. The zero-order chi connectivity index (χ0) is 18.0. The molecular weight excluding hydrogens is 343 g/mol. The molecule has 25 heavy (non-hydrogen) atoms. The molecular formula is C18H23FN2O3S. The summed E-state index contributed by atoms with van der Waals surface area (Å²) in [6.07, 6.45) is 6.52. The minimum absolute atomic E-state index is 0.276. The molecule has 1 saturated carbocycles. The van der Waals surface area contributed by atoms with Gasteiger partial charge in [-0.3, -0.25) is 0 Å². The molecule has 2 fully saturated rings. The lowest BCUT2D eigenvalue weighted by Gasteiger charge is -2.28. The first-order valence-electron chi connectivity index (χ1n) is 8.59. The van der Waals surface area contributed by atoms with Crippen LogP contribution in [-0.2, 0) is 21.2 Å². The maximum atomic E-state index is 13.8. The lowest BCUT2D eigenvalue weighted by Crippen LogP contribution is -2.30. The number of likely N-dealkylation sites (tertiary alicyclic amines) is 1. The fraction of sp³-hybridized carbons (Fsp3) is 0.611. The minimum atomic E-state index is -3.54. The number of piperidine rings is 1. The Kier molecular flexibility index (Phi) is 5.30. The molecule has 0 bridgehead atoms. The second-order valence-electron chi connectivity index (χ2n) is 7.14. The van der Waals surface area contributed by atoms with E-state index in [1.54, 1.807) is 6.07 Å². The van der Waals surface area contributed by atoms with Gasteiger partial charge in [-0.2, -0.15) is 5.26 Å². The molecule has 1 heterocycles. The van der Waals surface area contributed by atoms with E-state index in [0.29, 0.717) is 29.9 Å². The number of nitriles is 1. The van der Waals surface area contributed by atoms with Gasteiger partial charge in [0.25, 0.3) is 0 Å². The van der Waals surface area contributed by atoms with E-state index in [2.05, 4.69) is 6.19 Å². The van der Waals surface area contributed by atoms with Gasteiger partial charge in [-0.05, 0) is 54.7 Å². The maximum absolute atomic E-state index is 13.8. The number of halogens is 1. The van der Waals surface area contributed by atoms with Crippen LogP contribution in [0.2, 0.25) is 0 Å². The van der Waals surface area contributed by atoms with Crippen LogP contribution in [0.3, 0.4) is 0 Å². The van der Waals surface area contributed by atoms with Gasteiger partial charge in [0.15, 0.2) is 16.0 Å². The van der Waals surface area contributed by atoms with Gasteiger partial charge in [0.2, 0.25) is 0 Å². The van der Waals surface area contributed by atoms with E-state index < -0.39 is 15.7 Å². The van der Waals surface area contributed by atoms with E-state index in [4.69, 9.17) is 10.00 Å². The van der Waals surface area contributed by atoms with Crippen LogP contribution in [0, 0.1) is 35.0 Å². The molecule has 1 aliphatic carbocycles. The summed E-state index contributed by atoms with van der Waals surface area (Å²) in [7, 11) is -3.54. The molecule has 0 spiro atoms. The van der Waals surface area contributed by atoms with Crippen LogP contribution in [0.1, 0.15) is 24.8 Å². The van der Waals surface area contributed by atoms with E-state index in [-0.39, 0.29) is 11.5 Å². The highest BCUT2D eigenvalue weighted by atomic mass is 32.2. The molecule has 1 aliphatic heterocycles. The average Bonchev–Trinajstić information content (AvgIpc) is 3.33. The molecule has 5 nitrogen and oxygen atoms in total. The Morgan fingerprint density at radius 3 is 2.68 bits per heavy atom. The summed E-state index contributed by atoms with van der Waals surface area (Å²) >= 11 is 0. The standard InChI is InChI=1S/C18H23FN2O3S/c1-25(22,23)18-3-2-13(8-17(18)19)10-24-11-15-9-16(15)14-4-6-21(12-20)7-5-14/h2-3,8,14-16H,4-7,9-11H2,1H3/t15-,16+/m0/s1. The predicted octanol–water partition coefficient (Wildman–Crippen LogP) is 2.57. The van der Waals surface area contributed by atoms with Gasteiger partial charge < -0.3 is 9.64 Å². The van der Waals surface area contributed by atoms with Gasteiger partial charge in [-0.25, -0.2) is 12.8 Å². The van der Waals surface area contributed by atoms with Gasteiger partial charge in [-0.15, -0.1) is 0 Å². The topological polar surface area (TPSA) is 70.4 Å². The van der Waals surface area contributed by atoms with Crippen LogP contribution in [-0.4, -0.2) is 39.3 Å². The number of hydrogen-bond donors (Lipinski definition) is 0. The Morgan fingerprint density at radius 2 is 2.08 bits per heavy atom. The Labute approximate surface area is 148 Å². The van der Waals surface area contributed by atoms with E-state index in [0.717, 1.165) is 32.2 Å². The Morgan fingerprint density at radius 1 is 1.36 bits per heavy atom. The van der Waals surface area contributed by atoms with Crippen molar-refractivity contribution in [1.82, 2.24) is 4.90 Å². The fourth-order valence-corrected chi connectivity index (χ4v) is 4.46. The van der Waals surface area contributed by atoms with Gasteiger partial charge in [0.1, 0.15) is 10.7 Å². The predicted molar refractivity (Wildman–Crippen MR) is 90.7 cm³/mol. The third kappa shape index (κ3) is 4.50. The van der Waals surface area contributed by atoms with Crippen molar-refractivity contribution >= 4 is 9.84 Å². The molecule has 1 aromatic rings. The first-order chi connectivity index (χ1) is 11.9. The third-order valence-electron chi connectivity index (χ3n) is 5.26. The molecule has 1 aromatic carbocycles. The summed E-state index contributed by atoms with van der Waals surface area (Å²) in [5, 5.41) is 8.88. The molecule has 0 unspecified atom stereocenters. The van der Waals surface area contributed by atoms with Crippen molar-refractivity contribution in [2.75, 3.05) is 26.0 Å². The van der Waals surface area contributed by atoms with E-state index in [9.17, 15) is 12.8 Å². The minimum Gasteiger partial charge on any atom is -0.376 e. The molecule has 2 atom stereocenters. The van der Waals surface area contributed by atoms with Gasteiger partial charge in [0, 0.05) is 19.3 Å². The first kappa shape index (κ1) is 18.2. The van der Waals surface area contributed by atoms with Crippen LogP contribution in [0.5, 0.6) is 0 Å². The maximum Gasteiger partial charge on any atom is 0.179 e. The summed E-state index contributed by atoms with van der Waals surface area (Å²) < 4.78 is 42.4. The van der Waals surface area contributed by atoms with Crippen molar-refractivity contribution in [3.8, 4) is 6.19 Å². The van der Waals surface area contributed by atoms with Gasteiger partial charge >= 0.3 is 0 Å². The largest absolute Gasteiger partial charge is 0.376 e. The monoisotopic (exact) mass is 366 g/mol. The Hall–Kier alpha value is -1.65. The zero-order valence-electron chi connectivity index (χ0n) is 14.3. The zero-order valence-corrected chi connectivity index (χ0v) is 15.1. The smallest absolute Gasteiger partial charge is 0.179 e. The van der Waals surface area contributed by atoms with Crippen molar-refractivity contribution in [3.05, 3.63) is 29.6 Å². The molecule has 7 heteroatoms. The molecule has 2 aliphatic rings. The average molecular weight is 366 g/mol. The normalized spacial score (nSPS) is 24.1. The van der Waals surface area contributed by atoms with Crippen LogP contribution < -0.4 is 0 Å². The van der Waals surface area contributed by atoms with Crippen LogP contribution >= 0.6 is 0 Å². The van der Waals surface area contributed by atoms with Crippen molar-refractivity contribution in [3.63, 3.8) is 0 Å². The Balaban J connectivity index is 1.43. The van der Waals surface area contributed by atoms with Crippen molar-refractivity contribution in [1.29, 1.82) is 5.26 Å². The fourth-order valence-electron chi connectivity index (χ4n) is 3.73. The summed E-state index contributed by atoms with van der Waals surface area (Å²) in [5.41, 5.74) is 0.643. The first-order valence-corrected chi connectivity index (χ1v) is 10.5. The lowest BCUT2D eigenvalue weighted by atomic mass is 9.91. The number of sulfone groups is 1. The van der Waals surface area contributed by atoms with Crippen LogP contribution in [0.25, 0.3) is 0 Å². The number of ether oxygens (including phenoxy) is 1. The van der Waals surface area contributed by atoms with Gasteiger partial charge in [-0.1, -0.05) is 6.07 Å². The quantitative estimate of drug-likeness (QED) is 0.724. The van der Waals surface area contributed by atoms with E-state index in [1.165, 1.54) is 18.6 Å². The van der Waals surface area contributed by atoms with Crippen molar-refractivity contribution in [2.45, 2.75) is 30.8 Å². The molecule has 0 aromatic heterocycles. The summed E-state index contributed by atoms with van der Waals surface area (Å²) in [6, 6.07) is 4.13. The van der Waals surface area contributed by atoms with Crippen molar-refractivity contribution in [2.24, 2.45) is 17.8 Å². The molecule has 0 N–H and O–H groups in total. The highest BCUT2D eigenvalue weighted by Gasteiger charge is 2.43. The second-order valence-corrected chi connectivity index (χ2v) is 9.12. The lowest BCUT2D eigenvalue weighted by molar-refractivity contribution is 0.102. The van der Waals surface area contributed by atoms with E-state index >= 15 is 0 Å². The molecule has 1 saturated heterocycles. The Bertz CT molecular complexity index is 767. The third-order valence-corrected chi connectivity index (χ3v) is 6.39. The molecule has 0 amide bonds. The molecule has 136 valence electrons. The highest BCUT2D eigenvalue weighted by Crippen LogP contribution is 2.48. The molecule has 0 radical (unpaired) electrons.